The Morgan fingerprint density at radius 2 is 1.48 bits per heavy atom. The highest BCUT2D eigenvalue weighted by molar-refractivity contribution is 6.47. The number of aliphatic hydroxyl groups is 1. The molecule has 0 spiro atoms. The minimum Gasteiger partial charge on any atom is -0.404 e. The van der Waals surface area contributed by atoms with Gasteiger partial charge in [0.25, 0.3) is 5.91 Å². The van der Waals surface area contributed by atoms with Crippen LogP contribution in [-0.2, 0) is 41.5 Å². The van der Waals surface area contributed by atoms with E-state index < -0.39 is 72.7 Å². The van der Waals surface area contributed by atoms with Gasteiger partial charge in [0.15, 0.2) is 6.17 Å². The van der Waals surface area contributed by atoms with Gasteiger partial charge < -0.3 is 58.2 Å². The molecule has 6 rings (SSSR count). The molecule has 2 aromatic rings. The van der Waals surface area contributed by atoms with Crippen LogP contribution >= 0.6 is 0 Å². The van der Waals surface area contributed by atoms with Gasteiger partial charge >= 0.3 is 7.12 Å². The Bertz CT molecular complexity index is 1780. The van der Waals surface area contributed by atoms with Crippen molar-refractivity contribution >= 4 is 30.7 Å². The molecule has 2 aromatic carbocycles. The van der Waals surface area contributed by atoms with Crippen LogP contribution in [0.2, 0.25) is 0 Å². The van der Waals surface area contributed by atoms with Crippen molar-refractivity contribution in [3.8, 4) is 11.1 Å². The lowest BCUT2D eigenvalue weighted by molar-refractivity contribution is -0.199. The van der Waals surface area contributed by atoms with E-state index in [-0.39, 0.29) is 24.4 Å². The summed E-state index contributed by atoms with van der Waals surface area (Å²) in [4.78, 5) is 53.2. The van der Waals surface area contributed by atoms with Crippen LogP contribution < -0.4 is 43.8 Å². The van der Waals surface area contributed by atoms with E-state index in [0.29, 0.717) is 44.3 Å². The van der Waals surface area contributed by atoms with Gasteiger partial charge in [-0.3, -0.25) is 19.2 Å². The van der Waals surface area contributed by atoms with Crippen LogP contribution in [0.15, 0.2) is 48.5 Å². The number of unbranched alkanes of at least 4 members (excludes halogenated alkanes) is 2. The molecule has 10 atom stereocenters. The molecular weight excluding hydrogens is 775 g/mol. The second kappa shape index (κ2) is 21.5. The van der Waals surface area contributed by atoms with E-state index in [0.717, 1.165) is 36.0 Å². The van der Waals surface area contributed by atoms with Crippen LogP contribution in [0.3, 0.4) is 0 Å². The minimum atomic E-state index is -1.60. The molecule has 4 amide bonds. The highest BCUT2D eigenvalue weighted by Gasteiger charge is 2.68. The van der Waals surface area contributed by atoms with Crippen molar-refractivity contribution in [2.24, 2.45) is 34.5 Å². The third-order valence-electron chi connectivity index (χ3n) is 13.3. The highest BCUT2D eigenvalue weighted by Crippen LogP contribution is 2.65. The molecule has 16 heteroatoms. The Morgan fingerprint density at radius 3 is 2.08 bits per heavy atom. The number of carbonyl (C=O) groups is 4. The number of nitrogens with one attached hydrogen (secondary N) is 5. The van der Waals surface area contributed by atoms with Gasteiger partial charge in [-0.2, -0.15) is 0 Å². The van der Waals surface area contributed by atoms with Gasteiger partial charge in [0, 0.05) is 6.54 Å². The lowest BCUT2D eigenvalue weighted by Crippen LogP contribution is -2.65. The first-order chi connectivity index (χ1) is 29.0. The summed E-state index contributed by atoms with van der Waals surface area (Å²) in [6.45, 7) is 13.4. The van der Waals surface area contributed by atoms with Gasteiger partial charge in [-0.05, 0) is 125 Å². The maximum Gasteiger partial charge on any atom is 0.481 e. The molecule has 0 aromatic heterocycles. The molecule has 61 heavy (non-hydrogen) atoms. The van der Waals surface area contributed by atoms with Crippen molar-refractivity contribution in [1.29, 1.82) is 0 Å². The van der Waals surface area contributed by atoms with E-state index >= 15 is 0 Å². The average molecular weight is 847 g/mol. The number of hydrogen-bond donors (Lipinski definition) is 9. The summed E-state index contributed by atoms with van der Waals surface area (Å²) in [5, 5.41) is 24.2. The molecule has 1 saturated heterocycles. The second-order valence-electron chi connectivity index (χ2n) is 18.3. The predicted molar refractivity (Wildman–Crippen MR) is 237 cm³/mol. The normalized spacial score (nSPS) is 24.2. The molecule has 4 aliphatic rings. The summed E-state index contributed by atoms with van der Waals surface area (Å²) in [5.74, 6) is -2.40. The number of rotatable bonds is 23. The van der Waals surface area contributed by atoms with Crippen molar-refractivity contribution < 1.29 is 33.6 Å². The van der Waals surface area contributed by atoms with Gasteiger partial charge in [-0.15, -0.1) is 0 Å². The van der Waals surface area contributed by atoms with E-state index in [2.05, 4.69) is 103 Å². The third kappa shape index (κ3) is 12.0. The molecule has 2 bridgehead atoms. The number of aliphatic hydroxyl groups excluding tert-OH is 1. The zero-order chi connectivity index (χ0) is 44.5. The van der Waals surface area contributed by atoms with Crippen LogP contribution in [0.25, 0.3) is 11.1 Å². The molecule has 1 heterocycles. The van der Waals surface area contributed by atoms with Crippen molar-refractivity contribution in [1.82, 2.24) is 26.6 Å². The Labute approximate surface area is 362 Å². The van der Waals surface area contributed by atoms with Crippen LogP contribution in [0.4, 0.5) is 0 Å². The Balaban J connectivity index is 1.05. The molecule has 1 aliphatic heterocycles. The third-order valence-corrected chi connectivity index (χ3v) is 13.3. The molecule has 10 unspecified atom stereocenters. The van der Waals surface area contributed by atoms with Crippen molar-refractivity contribution in [3.05, 3.63) is 59.7 Å². The Morgan fingerprint density at radius 1 is 0.820 bits per heavy atom. The van der Waals surface area contributed by atoms with Crippen LogP contribution in [0.1, 0.15) is 104 Å². The van der Waals surface area contributed by atoms with Gasteiger partial charge in [0.2, 0.25) is 17.7 Å². The molecule has 4 fully saturated rings. The van der Waals surface area contributed by atoms with E-state index in [4.69, 9.17) is 26.5 Å². The molecular formula is C45H71BN8O7. The molecule has 12 N–H and O–H groups in total. The maximum absolute atomic E-state index is 13.6. The van der Waals surface area contributed by atoms with Crippen molar-refractivity contribution in [3.63, 3.8) is 0 Å². The second-order valence-corrected chi connectivity index (χ2v) is 18.3. The Kier molecular flexibility index (Phi) is 16.9. The maximum atomic E-state index is 13.6. The lowest BCUT2D eigenvalue weighted by atomic mass is 9.43. The summed E-state index contributed by atoms with van der Waals surface area (Å²) in [6.07, 6.45) is 4.17. The van der Waals surface area contributed by atoms with Gasteiger partial charge in [0.05, 0.1) is 29.8 Å². The summed E-state index contributed by atoms with van der Waals surface area (Å²) in [7, 11) is -0.652. The molecule has 15 nitrogen and oxygen atoms in total. The fraction of sp³-hybridized carbons (Fsp3) is 0.644. The summed E-state index contributed by atoms with van der Waals surface area (Å²) < 4.78 is 12.9. The number of hydrogen-bond acceptors (Lipinski definition) is 11. The van der Waals surface area contributed by atoms with E-state index in [9.17, 15) is 24.3 Å². The van der Waals surface area contributed by atoms with Crippen molar-refractivity contribution in [2.75, 3.05) is 13.1 Å². The molecule has 0 radical (unpaired) electrons. The van der Waals surface area contributed by atoms with Crippen molar-refractivity contribution in [2.45, 2.75) is 154 Å². The van der Waals surface area contributed by atoms with Crippen LogP contribution in [0.5, 0.6) is 0 Å². The van der Waals surface area contributed by atoms with Gasteiger partial charge in [0.1, 0.15) is 12.1 Å². The van der Waals surface area contributed by atoms with Crippen LogP contribution in [0, 0.1) is 17.3 Å². The SMILES string of the molecule is CCCCc1ccc(-c2ccc(CNCCC(N)C(=O)NC(C(=O)NC(N)C(=O)NC(CCCCN)C(=O)NC(C)B3OC4CC5CC(C5(C)C)C4(C)O3)C(C)O)cc2)cc1. The quantitative estimate of drug-likeness (QED) is 0.0446. The molecule has 3 aliphatic carbocycles. The molecule has 3 saturated carbocycles. The first kappa shape index (κ1) is 48.1. The first-order valence-electron chi connectivity index (χ1n) is 22.3. The van der Waals surface area contributed by atoms with E-state index in [1.165, 1.54) is 25.3 Å². The number of nitrogens with two attached hydrogens (primary N) is 3. The monoisotopic (exact) mass is 847 g/mol. The van der Waals surface area contributed by atoms with E-state index in [1.54, 1.807) is 0 Å². The van der Waals surface area contributed by atoms with Gasteiger partial charge in [-0.1, -0.05) is 75.7 Å². The minimum absolute atomic E-state index is 0.0533. The lowest BCUT2D eigenvalue weighted by Gasteiger charge is -2.64. The number of benzene rings is 2. The average Bonchev–Trinajstić information content (AvgIpc) is 3.60. The topological polar surface area (TPSA) is 245 Å². The Hall–Kier alpha value is -3.90. The summed E-state index contributed by atoms with van der Waals surface area (Å²) in [6, 6.07) is 13.5. The summed E-state index contributed by atoms with van der Waals surface area (Å²) in [5.41, 5.74) is 22.4. The van der Waals surface area contributed by atoms with Gasteiger partial charge in [-0.25, -0.2) is 0 Å². The number of amides is 4. The van der Waals surface area contributed by atoms with Crippen LogP contribution in [-0.4, -0.2) is 97.0 Å². The largest absolute Gasteiger partial charge is 0.481 e. The first-order valence-corrected chi connectivity index (χ1v) is 22.3. The highest BCUT2D eigenvalue weighted by atomic mass is 16.7. The zero-order valence-electron chi connectivity index (χ0n) is 37.0. The fourth-order valence-electron chi connectivity index (χ4n) is 9.19. The molecule has 336 valence electrons. The smallest absolute Gasteiger partial charge is 0.404 e. The fourth-order valence-corrected chi connectivity index (χ4v) is 9.19. The van der Waals surface area contributed by atoms with E-state index in [1.807, 2.05) is 6.92 Å². The number of aryl methyl sites for hydroxylation is 1. The summed E-state index contributed by atoms with van der Waals surface area (Å²) >= 11 is 0. The standard InChI is InChI=1S/C45H71BN8O7/c1-7-8-11-29-13-17-31(18-14-29)32-19-15-30(16-20-32)26-50-23-21-34(48)40(56)53-38(27(2)55)42(58)54-39(49)43(59)52-35(12-9-10-22-47)41(57)51-28(3)46-60-37-25-33-24-36(44(33,4)5)45(37,6)61-46/h13-20,27-28,33-39,50,55H,7-12,21-26,47-49H2,1-6H3,(H,51,57)(H,52,59)(H,53,56)(H,54,58). The number of carbonyl (C=O) groups excluding carboxylic acids is 4. The zero-order valence-corrected chi connectivity index (χ0v) is 37.0. The predicted octanol–water partition coefficient (Wildman–Crippen LogP) is 2.16.